The minimum atomic E-state index is -3.36. The molecule has 0 saturated heterocycles. The van der Waals surface area contributed by atoms with Crippen LogP contribution in [0.2, 0.25) is 0 Å². The Morgan fingerprint density at radius 3 is 2.52 bits per heavy atom. The van der Waals surface area contributed by atoms with Crippen LogP contribution in [0.5, 0.6) is 5.75 Å². The minimum Gasteiger partial charge on any atom is -0.494 e. The molecule has 2 heterocycles. The van der Waals surface area contributed by atoms with E-state index in [-0.39, 0.29) is 17.4 Å². The van der Waals surface area contributed by atoms with Crippen molar-refractivity contribution in [2.24, 2.45) is 0 Å². The molecule has 2 N–H and O–H groups in total. The SMILES string of the molecule is CCOc1ccccc1C1C=C(c2ccc(NS(=O)(=O)CC)cc2)NN1C(=O)c1ccco1. The van der Waals surface area contributed by atoms with E-state index in [0.29, 0.717) is 23.7 Å². The van der Waals surface area contributed by atoms with E-state index in [1.165, 1.54) is 11.3 Å². The van der Waals surface area contributed by atoms with Crippen molar-refractivity contribution in [1.29, 1.82) is 0 Å². The normalized spacial score (nSPS) is 15.6. The van der Waals surface area contributed by atoms with Crippen molar-refractivity contribution in [3.63, 3.8) is 0 Å². The van der Waals surface area contributed by atoms with Crippen LogP contribution in [-0.4, -0.2) is 31.7 Å². The standard InChI is InChI=1S/C24H25N3O5S/c1-3-31-22-9-6-5-8-19(22)21-16-20(25-27(21)24(28)23-10-7-15-32-23)17-11-13-18(14-12-17)26-33(29,30)4-2/h5-16,21,25-26H,3-4H2,1-2H3. The highest BCUT2D eigenvalue weighted by Gasteiger charge is 2.34. The van der Waals surface area contributed by atoms with Gasteiger partial charge >= 0.3 is 5.91 Å². The number of ether oxygens (including phenoxy) is 1. The Labute approximate surface area is 192 Å². The van der Waals surface area contributed by atoms with Crippen LogP contribution >= 0.6 is 0 Å². The molecule has 172 valence electrons. The molecular formula is C24H25N3O5S. The van der Waals surface area contributed by atoms with Crippen LogP contribution in [0.15, 0.2) is 77.4 Å². The predicted octanol–water partition coefficient (Wildman–Crippen LogP) is 4.18. The van der Waals surface area contributed by atoms with E-state index in [9.17, 15) is 13.2 Å². The molecule has 1 unspecified atom stereocenters. The number of para-hydroxylation sites is 1. The number of furan rings is 1. The third kappa shape index (κ3) is 4.88. The Morgan fingerprint density at radius 1 is 1.09 bits per heavy atom. The highest BCUT2D eigenvalue weighted by molar-refractivity contribution is 7.92. The molecule has 0 bridgehead atoms. The number of anilines is 1. The zero-order valence-corrected chi connectivity index (χ0v) is 19.1. The number of nitrogens with one attached hydrogen (secondary N) is 2. The topological polar surface area (TPSA) is 101 Å². The summed E-state index contributed by atoms with van der Waals surface area (Å²) >= 11 is 0. The molecule has 1 amide bonds. The van der Waals surface area contributed by atoms with Gasteiger partial charge < -0.3 is 9.15 Å². The van der Waals surface area contributed by atoms with E-state index < -0.39 is 16.1 Å². The van der Waals surface area contributed by atoms with Crippen LogP contribution in [0, 0.1) is 0 Å². The van der Waals surface area contributed by atoms with Gasteiger partial charge in [-0.2, -0.15) is 0 Å². The van der Waals surface area contributed by atoms with Gasteiger partial charge in [0.25, 0.3) is 0 Å². The Kier molecular flexibility index (Phi) is 6.41. The minimum absolute atomic E-state index is 0.00771. The molecule has 0 spiro atoms. The first-order valence-electron chi connectivity index (χ1n) is 10.6. The monoisotopic (exact) mass is 467 g/mol. The van der Waals surface area contributed by atoms with Gasteiger partial charge in [-0.25, -0.2) is 13.4 Å². The lowest BCUT2D eigenvalue weighted by molar-refractivity contribution is 0.0637. The predicted molar refractivity (Wildman–Crippen MR) is 126 cm³/mol. The fourth-order valence-corrected chi connectivity index (χ4v) is 4.18. The maximum Gasteiger partial charge on any atom is 0.308 e. The number of carbonyl (C=O) groups is 1. The van der Waals surface area contributed by atoms with Crippen molar-refractivity contribution in [3.8, 4) is 5.75 Å². The lowest BCUT2D eigenvalue weighted by Gasteiger charge is -2.26. The van der Waals surface area contributed by atoms with Crippen LogP contribution in [0.1, 0.15) is 41.6 Å². The van der Waals surface area contributed by atoms with Gasteiger partial charge in [-0.1, -0.05) is 30.3 Å². The average molecular weight is 468 g/mol. The maximum absolute atomic E-state index is 13.2. The zero-order valence-electron chi connectivity index (χ0n) is 18.3. The fourth-order valence-electron chi connectivity index (χ4n) is 3.54. The van der Waals surface area contributed by atoms with Gasteiger partial charge in [0.1, 0.15) is 11.8 Å². The van der Waals surface area contributed by atoms with Gasteiger partial charge in [0.2, 0.25) is 10.0 Å². The Morgan fingerprint density at radius 2 is 1.85 bits per heavy atom. The molecule has 1 atom stereocenters. The molecule has 1 aromatic heterocycles. The number of hydrogen-bond acceptors (Lipinski definition) is 6. The number of amides is 1. The van der Waals surface area contributed by atoms with Gasteiger partial charge in [0.15, 0.2) is 5.76 Å². The number of nitrogens with zero attached hydrogens (tertiary/aromatic N) is 1. The third-order valence-electron chi connectivity index (χ3n) is 5.18. The van der Waals surface area contributed by atoms with Crippen molar-refractivity contribution in [2.75, 3.05) is 17.1 Å². The average Bonchev–Trinajstić information content (AvgIpc) is 3.50. The summed E-state index contributed by atoms with van der Waals surface area (Å²) in [7, 11) is -3.36. The largest absolute Gasteiger partial charge is 0.494 e. The molecular weight excluding hydrogens is 442 g/mol. The van der Waals surface area contributed by atoms with E-state index in [0.717, 1.165) is 11.1 Å². The lowest BCUT2D eigenvalue weighted by Crippen LogP contribution is -2.39. The smallest absolute Gasteiger partial charge is 0.308 e. The molecule has 33 heavy (non-hydrogen) atoms. The quantitative estimate of drug-likeness (QED) is 0.515. The molecule has 0 radical (unpaired) electrons. The number of carbonyl (C=O) groups excluding carboxylic acids is 1. The summed E-state index contributed by atoms with van der Waals surface area (Å²) in [4.78, 5) is 13.2. The van der Waals surface area contributed by atoms with Gasteiger partial charge in [-0.15, -0.1) is 0 Å². The highest BCUT2D eigenvalue weighted by Crippen LogP contribution is 2.37. The van der Waals surface area contributed by atoms with Crippen LogP contribution in [-0.2, 0) is 10.0 Å². The van der Waals surface area contributed by atoms with Crippen molar-refractivity contribution < 1.29 is 22.4 Å². The van der Waals surface area contributed by atoms with Gasteiger partial charge in [-0.05, 0) is 55.8 Å². The molecule has 1 aliphatic heterocycles. The summed E-state index contributed by atoms with van der Waals surface area (Å²) in [6, 6.07) is 17.4. The van der Waals surface area contributed by atoms with Crippen molar-refractivity contribution in [3.05, 3.63) is 89.9 Å². The van der Waals surface area contributed by atoms with E-state index in [1.807, 2.05) is 37.3 Å². The summed E-state index contributed by atoms with van der Waals surface area (Å²) < 4.78 is 37.3. The van der Waals surface area contributed by atoms with Crippen LogP contribution < -0.4 is 14.9 Å². The summed E-state index contributed by atoms with van der Waals surface area (Å²) in [5.74, 6) is 0.563. The Balaban J connectivity index is 1.68. The van der Waals surface area contributed by atoms with Crippen molar-refractivity contribution >= 4 is 27.3 Å². The fraction of sp³-hybridized carbons (Fsp3) is 0.208. The molecule has 2 aromatic carbocycles. The van der Waals surface area contributed by atoms with E-state index in [1.54, 1.807) is 43.3 Å². The molecule has 3 aromatic rings. The summed E-state index contributed by atoms with van der Waals surface area (Å²) in [6.07, 6.45) is 3.39. The summed E-state index contributed by atoms with van der Waals surface area (Å²) in [6.45, 7) is 3.98. The molecule has 8 nitrogen and oxygen atoms in total. The van der Waals surface area contributed by atoms with Crippen molar-refractivity contribution in [1.82, 2.24) is 10.4 Å². The number of benzene rings is 2. The molecule has 0 saturated carbocycles. The van der Waals surface area contributed by atoms with Crippen molar-refractivity contribution in [2.45, 2.75) is 19.9 Å². The number of sulfonamides is 1. The molecule has 9 heteroatoms. The zero-order chi connectivity index (χ0) is 23.4. The van der Waals surface area contributed by atoms with Gasteiger partial charge in [0.05, 0.1) is 24.3 Å². The molecule has 0 aliphatic carbocycles. The highest BCUT2D eigenvalue weighted by atomic mass is 32.2. The molecule has 1 aliphatic rings. The lowest BCUT2D eigenvalue weighted by atomic mass is 10.0. The van der Waals surface area contributed by atoms with Crippen LogP contribution in [0.4, 0.5) is 5.69 Å². The third-order valence-corrected chi connectivity index (χ3v) is 6.49. The second-order valence-electron chi connectivity index (χ2n) is 7.34. The summed E-state index contributed by atoms with van der Waals surface area (Å²) in [5.41, 5.74) is 5.98. The Bertz CT molecular complexity index is 1250. The second kappa shape index (κ2) is 9.41. The second-order valence-corrected chi connectivity index (χ2v) is 9.35. The molecule has 0 fully saturated rings. The number of hydrogen-bond donors (Lipinski definition) is 2. The number of hydrazine groups is 1. The number of rotatable bonds is 8. The maximum atomic E-state index is 13.2. The van der Waals surface area contributed by atoms with Crippen LogP contribution in [0.3, 0.4) is 0 Å². The van der Waals surface area contributed by atoms with E-state index >= 15 is 0 Å². The first-order chi connectivity index (χ1) is 15.9. The first-order valence-corrected chi connectivity index (χ1v) is 12.2. The van der Waals surface area contributed by atoms with Gasteiger partial charge in [-0.3, -0.25) is 14.9 Å². The Hall–Kier alpha value is -3.72. The van der Waals surface area contributed by atoms with E-state index in [2.05, 4.69) is 10.1 Å². The molecule has 4 rings (SSSR count). The van der Waals surface area contributed by atoms with Crippen LogP contribution in [0.25, 0.3) is 5.70 Å². The van der Waals surface area contributed by atoms with Gasteiger partial charge in [0, 0.05) is 11.3 Å². The van der Waals surface area contributed by atoms with E-state index in [4.69, 9.17) is 9.15 Å². The summed E-state index contributed by atoms with van der Waals surface area (Å²) in [5, 5.41) is 1.50. The first kappa shape index (κ1) is 22.5.